The number of hydrogen-bond donors (Lipinski definition) is 4. The van der Waals surface area contributed by atoms with Crippen LogP contribution < -0.4 is 0 Å². The second-order valence-electron chi connectivity index (χ2n) is 16.4. The molecule has 4 N–H and O–H groups in total. The highest BCUT2D eigenvalue weighted by molar-refractivity contribution is 5.93. The normalized spacial score (nSPS) is 44.3. The Kier molecular flexibility index (Phi) is 8.47. The van der Waals surface area contributed by atoms with Crippen molar-refractivity contribution in [2.75, 3.05) is 7.11 Å². The van der Waals surface area contributed by atoms with E-state index in [4.69, 9.17) is 28.1 Å². The first kappa shape index (κ1) is 38.0. The molecule has 2 bridgehead atoms. The Morgan fingerprint density at radius 2 is 1.60 bits per heavy atom. The van der Waals surface area contributed by atoms with Crippen molar-refractivity contribution in [1.29, 1.82) is 0 Å². The number of fused-ring (bicyclic) bond motifs is 3. The fourth-order valence-corrected chi connectivity index (χ4v) is 11.7. The summed E-state index contributed by atoms with van der Waals surface area (Å²) in [6, 6.07) is 1.53. The minimum absolute atomic E-state index is 0.103. The number of rotatable bonds is 8. The van der Waals surface area contributed by atoms with Crippen molar-refractivity contribution >= 4 is 29.8 Å². The maximum Gasteiger partial charge on any atom is 0.338 e. The first-order valence-electron chi connectivity index (χ1n) is 17.4. The van der Waals surface area contributed by atoms with E-state index in [9.17, 15) is 44.4 Å². The van der Waals surface area contributed by atoms with E-state index < -0.39 is 111 Å². The summed E-state index contributed by atoms with van der Waals surface area (Å²) in [7, 11) is 1.17. The molecule has 1 aromatic heterocycles. The van der Waals surface area contributed by atoms with Crippen LogP contribution in [-0.4, -0.2) is 92.0 Å². The number of esters is 5. The monoisotopic (exact) mass is 732 g/mol. The molecule has 1 saturated heterocycles. The van der Waals surface area contributed by atoms with E-state index in [0.29, 0.717) is 5.56 Å². The van der Waals surface area contributed by atoms with Crippen LogP contribution in [0.3, 0.4) is 0 Å². The Bertz CT molecular complexity index is 1750. The van der Waals surface area contributed by atoms with Gasteiger partial charge in [-0.25, -0.2) is 4.79 Å². The summed E-state index contributed by atoms with van der Waals surface area (Å²) in [6.45, 7) is 11.3. The second-order valence-corrected chi connectivity index (χ2v) is 16.4. The zero-order valence-electron chi connectivity index (χ0n) is 30.8. The Balaban J connectivity index is 1.76. The molecule has 15 nitrogen and oxygen atoms in total. The third-order valence-electron chi connectivity index (χ3n) is 13.5. The van der Waals surface area contributed by atoms with Crippen LogP contribution in [0.5, 0.6) is 0 Å². The lowest BCUT2D eigenvalue weighted by molar-refractivity contribution is -0.439. The van der Waals surface area contributed by atoms with Gasteiger partial charge in [0.1, 0.15) is 34.8 Å². The molecule has 12 atom stereocenters. The molecule has 4 saturated carbocycles. The molecule has 0 spiro atoms. The molecule has 0 radical (unpaired) electrons. The summed E-state index contributed by atoms with van der Waals surface area (Å²) < 4.78 is 33.9. The molecule has 52 heavy (non-hydrogen) atoms. The van der Waals surface area contributed by atoms with E-state index in [1.165, 1.54) is 39.5 Å². The molecule has 0 amide bonds. The molecule has 286 valence electrons. The molecule has 12 unspecified atom stereocenters. The van der Waals surface area contributed by atoms with Crippen molar-refractivity contribution in [3.8, 4) is 0 Å². The summed E-state index contributed by atoms with van der Waals surface area (Å²) in [6.07, 6.45) is -3.70. The predicted molar refractivity (Wildman–Crippen MR) is 174 cm³/mol. The van der Waals surface area contributed by atoms with Crippen LogP contribution in [0.15, 0.2) is 34.3 Å². The van der Waals surface area contributed by atoms with Crippen LogP contribution in [0.1, 0.15) is 92.7 Å². The first-order chi connectivity index (χ1) is 24.0. The Morgan fingerprint density at radius 3 is 2.12 bits per heavy atom. The molecule has 5 aliphatic rings. The van der Waals surface area contributed by atoms with Gasteiger partial charge < -0.3 is 48.5 Å². The minimum Gasteiger partial charge on any atom is -0.472 e. The Labute approximate surface area is 300 Å². The summed E-state index contributed by atoms with van der Waals surface area (Å²) in [5, 5.41) is 53.6. The molecule has 0 aromatic carbocycles. The fourth-order valence-electron chi connectivity index (χ4n) is 11.7. The van der Waals surface area contributed by atoms with Crippen molar-refractivity contribution in [1.82, 2.24) is 0 Å². The van der Waals surface area contributed by atoms with Crippen LogP contribution >= 0.6 is 0 Å². The molecule has 2 heterocycles. The molecule has 1 aliphatic heterocycles. The van der Waals surface area contributed by atoms with E-state index in [0.717, 1.165) is 13.8 Å². The van der Waals surface area contributed by atoms with Crippen LogP contribution in [0, 0.1) is 34.0 Å². The van der Waals surface area contributed by atoms with Gasteiger partial charge in [0.05, 0.1) is 25.2 Å². The number of carbonyl (C=O) groups excluding carboxylic acids is 5. The second kappa shape index (κ2) is 11.6. The molecule has 4 aliphatic carbocycles. The van der Waals surface area contributed by atoms with Gasteiger partial charge in [0.2, 0.25) is 0 Å². The van der Waals surface area contributed by atoms with Gasteiger partial charge in [-0.05, 0) is 31.2 Å². The number of hydrogen-bond acceptors (Lipinski definition) is 15. The maximum atomic E-state index is 14.7. The summed E-state index contributed by atoms with van der Waals surface area (Å²) in [4.78, 5) is 65.9. The lowest BCUT2D eigenvalue weighted by Gasteiger charge is -2.77. The third kappa shape index (κ3) is 4.30. The minimum atomic E-state index is -2.82. The fraction of sp³-hybridized carbons (Fsp3) is 0.703. The van der Waals surface area contributed by atoms with Gasteiger partial charge in [-0.1, -0.05) is 34.6 Å². The van der Waals surface area contributed by atoms with Gasteiger partial charge in [0.25, 0.3) is 0 Å². The topological polar surface area (TPSA) is 226 Å². The number of methoxy groups -OCH3 is 1. The van der Waals surface area contributed by atoms with E-state index in [-0.39, 0.29) is 30.6 Å². The molecule has 15 heteroatoms. The molecule has 1 aromatic rings. The third-order valence-corrected chi connectivity index (χ3v) is 13.5. The number of furan rings is 1. The Morgan fingerprint density at radius 1 is 0.942 bits per heavy atom. The van der Waals surface area contributed by atoms with E-state index in [1.54, 1.807) is 27.7 Å². The predicted octanol–water partition coefficient (Wildman–Crippen LogP) is 2.18. The van der Waals surface area contributed by atoms with E-state index in [1.807, 2.05) is 0 Å². The van der Waals surface area contributed by atoms with Crippen molar-refractivity contribution < 1.29 is 72.5 Å². The summed E-state index contributed by atoms with van der Waals surface area (Å²) in [5.74, 6) is -8.00. The van der Waals surface area contributed by atoms with Crippen molar-refractivity contribution in [3.63, 3.8) is 0 Å². The lowest BCUT2D eigenvalue weighted by Crippen LogP contribution is -2.94. The van der Waals surface area contributed by atoms with Gasteiger partial charge in [-0.2, -0.15) is 0 Å². The van der Waals surface area contributed by atoms with Crippen LogP contribution in [0.2, 0.25) is 0 Å². The molecule has 6 rings (SSSR count). The van der Waals surface area contributed by atoms with Gasteiger partial charge in [-0.15, -0.1) is 0 Å². The van der Waals surface area contributed by atoms with Gasteiger partial charge in [-0.3, -0.25) is 19.2 Å². The zero-order chi connectivity index (χ0) is 38.8. The average molecular weight is 733 g/mol. The Hall–Kier alpha value is -3.79. The quantitative estimate of drug-likeness (QED) is 0.130. The highest BCUT2D eigenvalue weighted by Crippen LogP contribution is 2.84. The molecule has 5 fully saturated rings. The average Bonchev–Trinajstić information content (AvgIpc) is 3.69. The number of ether oxygens (including phenoxy) is 5. The zero-order valence-corrected chi connectivity index (χ0v) is 30.8. The summed E-state index contributed by atoms with van der Waals surface area (Å²) in [5.41, 5.74) is -15.6. The highest BCUT2D eigenvalue weighted by atomic mass is 16.6. The van der Waals surface area contributed by atoms with E-state index in [2.05, 4.69) is 0 Å². The van der Waals surface area contributed by atoms with Crippen molar-refractivity contribution in [3.05, 3.63) is 35.5 Å². The number of carbonyl (C=O) groups is 5. The van der Waals surface area contributed by atoms with Crippen molar-refractivity contribution in [2.24, 2.45) is 34.0 Å². The number of allylic oxidation sites excluding steroid dienone is 1. The van der Waals surface area contributed by atoms with Gasteiger partial charge in [0, 0.05) is 60.8 Å². The van der Waals surface area contributed by atoms with Gasteiger partial charge in [0.15, 0.2) is 11.7 Å². The van der Waals surface area contributed by atoms with E-state index >= 15 is 0 Å². The van der Waals surface area contributed by atoms with Crippen LogP contribution in [0.4, 0.5) is 0 Å². The SMILES string of the molecule is COC(=O)CC1C2(C)CC3(O)C(O)(C2OC(C)=O)C2OC(=O)/C(=C(\OC(C)=O)C(C)C)C4C(C)(C(OC(C)=O)c5ccoc5)CCC(O)(C42O)C13C. The summed E-state index contributed by atoms with van der Waals surface area (Å²) >= 11 is 0. The lowest BCUT2D eigenvalue weighted by atomic mass is 9.33. The largest absolute Gasteiger partial charge is 0.472 e. The maximum absolute atomic E-state index is 14.7. The highest BCUT2D eigenvalue weighted by Gasteiger charge is 2.98. The first-order valence-corrected chi connectivity index (χ1v) is 17.4. The standard InChI is InChI=1S/C37H48O15/c1-17(2)25(49-18(3)38)24-26-31(6,27(50-19(4)39)21-10-13-48-15-21)11-12-34(43)33(8)22(14-23(41)47-9)32(7)16-35(33,44)37(46,29(32)51-20(5)40)30(36(26,34)45)52-28(24)42/h10,13,15,17,22,26-27,29-30,43-46H,11-12,14,16H2,1-9H3/b25-24-. The number of aliphatic hydroxyl groups is 4. The molecular weight excluding hydrogens is 684 g/mol. The van der Waals surface area contributed by atoms with Crippen LogP contribution in [-0.2, 0) is 47.7 Å². The smallest absolute Gasteiger partial charge is 0.338 e. The van der Waals surface area contributed by atoms with Crippen LogP contribution in [0.25, 0.3) is 0 Å². The van der Waals surface area contributed by atoms with Gasteiger partial charge >= 0.3 is 29.8 Å². The van der Waals surface area contributed by atoms with Crippen molar-refractivity contribution in [2.45, 2.75) is 122 Å². The molecular formula is C37H48O15.